The molecule has 0 bridgehead atoms. The zero-order valence-electron chi connectivity index (χ0n) is 26.8. The van der Waals surface area contributed by atoms with Crippen LogP contribution in [0, 0.1) is 0 Å². The van der Waals surface area contributed by atoms with Gasteiger partial charge in [0.15, 0.2) is 0 Å². The molecule has 0 N–H and O–H groups in total. The van der Waals surface area contributed by atoms with Crippen LogP contribution in [0.15, 0.2) is 0 Å². The van der Waals surface area contributed by atoms with E-state index in [9.17, 15) is 19.8 Å². The van der Waals surface area contributed by atoms with Crippen LogP contribution >= 0.6 is 0 Å². The van der Waals surface area contributed by atoms with Crippen LogP contribution in [0.25, 0.3) is 0 Å². The van der Waals surface area contributed by atoms with Gasteiger partial charge in [-0.15, -0.1) is 0 Å². The Labute approximate surface area is 265 Å². The van der Waals surface area contributed by atoms with E-state index < -0.39 is 11.9 Å². The predicted molar refractivity (Wildman–Crippen MR) is 165 cm³/mol. The number of carboxylic acid groups (broad SMARTS) is 2. The first kappa shape index (κ1) is 45.5. The summed E-state index contributed by atoms with van der Waals surface area (Å²) in [5.74, 6) is -1.82. The van der Waals surface area contributed by atoms with E-state index in [-0.39, 0.29) is 57.9 Å². The summed E-state index contributed by atoms with van der Waals surface area (Å²) in [5.41, 5.74) is 0. The average molecular weight is 750 g/mol. The largest absolute Gasteiger partial charge is 4.00 e. The van der Waals surface area contributed by atoms with E-state index in [1.54, 1.807) is 0 Å². The van der Waals surface area contributed by atoms with E-state index in [0.717, 1.165) is 25.7 Å². The van der Waals surface area contributed by atoms with Crippen molar-refractivity contribution < 1.29 is 19.8 Å². The van der Waals surface area contributed by atoms with Crippen LogP contribution in [0.4, 0.5) is 0 Å². The van der Waals surface area contributed by atoms with E-state index in [2.05, 4.69) is 55.4 Å². The Hall–Kier alpha value is 0.537. The van der Waals surface area contributed by atoms with Crippen molar-refractivity contribution in [3.63, 3.8) is 0 Å². The van der Waals surface area contributed by atoms with E-state index in [1.165, 1.54) is 89.9 Å². The fourth-order valence-electron chi connectivity index (χ4n) is 4.28. The molecule has 0 aliphatic heterocycles. The summed E-state index contributed by atoms with van der Waals surface area (Å²) in [6, 6.07) is 0. The monoisotopic (exact) mass is 752 g/mol. The normalized spacial score (nSPS) is 10.7. The van der Waals surface area contributed by atoms with Crippen LogP contribution in [-0.4, -0.2) is 57.0 Å². The number of hydrogen-bond acceptors (Lipinski definition) is 4. The second kappa shape index (κ2) is 32.1. The fraction of sp³-hybridized carbons (Fsp3) is 0.938. The first-order chi connectivity index (χ1) is 17.2. The van der Waals surface area contributed by atoms with Crippen LogP contribution < -0.4 is 10.2 Å². The summed E-state index contributed by atoms with van der Waals surface area (Å²) in [6.07, 6.45) is 22.3. The summed E-state index contributed by atoms with van der Waals surface area (Å²) in [7, 11) is 0. The molecule has 0 atom stereocenters. The van der Waals surface area contributed by atoms with Gasteiger partial charge in [-0.2, -0.15) is 0 Å². The number of rotatable bonds is 20. The maximum Gasteiger partial charge on any atom is 4.00 e. The van der Waals surface area contributed by atoms with Crippen molar-refractivity contribution in [1.82, 2.24) is 0 Å². The first-order valence-electron chi connectivity index (χ1n) is 15.4. The zero-order chi connectivity index (χ0) is 29.0. The third kappa shape index (κ3) is 56.7. The molecule has 0 saturated heterocycles. The summed E-state index contributed by atoms with van der Waals surface area (Å²) >= 11 is -0.182. The summed E-state index contributed by atoms with van der Waals surface area (Å²) in [4.78, 5) is 20.2. The zero-order valence-corrected chi connectivity index (χ0v) is 32.5. The van der Waals surface area contributed by atoms with Gasteiger partial charge in [0.25, 0.3) is 0 Å². The molecule has 0 aromatic carbocycles. The van der Waals surface area contributed by atoms with E-state index in [1.807, 2.05) is 0 Å². The molecule has 0 radical (unpaired) electrons. The van der Waals surface area contributed by atoms with Gasteiger partial charge in [-0.25, -0.2) is 0 Å². The maximum absolute atomic E-state index is 10.1. The Bertz CT molecular complexity index is 453. The van der Waals surface area contributed by atoms with Gasteiger partial charge in [-0.1, -0.05) is 117 Å². The minimum atomic E-state index is -0.909. The number of carbonyl (C=O) groups is 2. The number of carbonyl (C=O) groups excluding carboxylic acids is 2. The number of carboxylic acids is 2. The maximum atomic E-state index is 10.1. The number of unbranched alkanes of at least 4 members (excludes halogenated alkanes) is 16. The molecule has 0 heterocycles. The van der Waals surface area contributed by atoms with Crippen molar-refractivity contribution in [2.45, 2.75) is 191 Å². The van der Waals surface area contributed by atoms with Gasteiger partial charge in [-0.3, -0.25) is 0 Å². The molecule has 0 amide bonds. The molecular weight excluding hydrogens is 686 g/mol. The van der Waals surface area contributed by atoms with Crippen LogP contribution in [-0.2, 0) is 9.59 Å². The summed E-state index contributed by atoms with van der Waals surface area (Å²) in [6.45, 7) is 18.6. The molecule has 0 aromatic rings. The molecule has 0 aliphatic carbocycles. The van der Waals surface area contributed by atoms with Gasteiger partial charge >= 0.3 is 93.5 Å². The van der Waals surface area contributed by atoms with E-state index in [4.69, 9.17) is 0 Å². The van der Waals surface area contributed by atoms with Crippen LogP contribution in [0.5, 0.6) is 0 Å². The molecule has 0 aliphatic rings. The van der Waals surface area contributed by atoms with Crippen molar-refractivity contribution in [2.75, 3.05) is 0 Å². The third-order valence-corrected chi connectivity index (χ3v) is 10.0. The molecule has 4 nitrogen and oxygen atoms in total. The summed E-state index contributed by atoms with van der Waals surface area (Å²) < 4.78 is 1.31. The topological polar surface area (TPSA) is 80.3 Å². The Morgan fingerprint density at radius 1 is 0.474 bits per heavy atom. The molecule has 0 rings (SSSR count). The van der Waals surface area contributed by atoms with E-state index in [0.29, 0.717) is 6.86 Å². The smallest absolute Gasteiger partial charge is 4.00 e. The van der Waals surface area contributed by atoms with Gasteiger partial charge in [0.1, 0.15) is 0 Å². The molecule has 0 spiro atoms. The molecule has 0 saturated carbocycles. The molecule has 220 valence electrons. The van der Waals surface area contributed by atoms with E-state index >= 15 is 0 Å². The molecule has 0 unspecified atom stereocenters. The quantitative estimate of drug-likeness (QED) is 0.0932. The number of hydrogen-bond donors (Lipinski definition) is 0. The van der Waals surface area contributed by atoms with Gasteiger partial charge < -0.3 is 19.8 Å². The second-order valence-corrected chi connectivity index (χ2v) is 21.8. The predicted octanol–water partition coefficient (Wildman–Crippen LogP) is 8.06. The Morgan fingerprint density at radius 3 is 0.842 bits per heavy atom. The van der Waals surface area contributed by atoms with Crippen LogP contribution in [0.2, 0.25) is 6.86 Å². The van der Waals surface area contributed by atoms with Crippen molar-refractivity contribution in [3.8, 4) is 0 Å². The molecule has 6 heteroatoms. The fourth-order valence-corrected chi connectivity index (χ4v) is 10.7. The van der Waals surface area contributed by atoms with Gasteiger partial charge in [0.2, 0.25) is 0 Å². The number of aliphatic carboxylic acids is 2. The second-order valence-electron chi connectivity index (χ2n) is 12.5. The third-order valence-electron chi connectivity index (χ3n) is 5.72. The average Bonchev–Trinajstić information content (AvgIpc) is 2.75. The Balaban J connectivity index is -0.000000231. The van der Waals surface area contributed by atoms with Crippen molar-refractivity contribution >= 4 is 57.0 Å². The molecule has 0 fully saturated rings. The van der Waals surface area contributed by atoms with Gasteiger partial charge in [0, 0.05) is 11.9 Å². The molecule has 38 heavy (non-hydrogen) atoms. The van der Waals surface area contributed by atoms with Gasteiger partial charge in [0.05, 0.1) is 0 Å². The molecular formula is C32H64O4Sn2+4. The van der Waals surface area contributed by atoms with Crippen molar-refractivity contribution in [1.29, 1.82) is 0 Å². The molecule has 0 aromatic heterocycles. The minimum absolute atomic E-state index is 0. The Kier molecular flexibility index (Phi) is 38.4. The summed E-state index contributed by atoms with van der Waals surface area (Å²) in [5, 5.41) is 20.2. The van der Waals surface area contributed by atoms with Crippen LogP contribution in [0.3, 0.4) is 0 Å². The Morgan fingerprint density at radius 2 is 0.684 bits per heavy atom. The van der Waals surface area contributed by atoms with Gasteiger partial charge in [-0.05, 0) is 25.7 Å². The minimum Gasteiger partial charge on any atom is 4.00 e. The van der Waals surface area contributed by atoms with Crippen LogP contribution in [0.1, 0.15) is 184 Å². The first-order valence-corrected chi connectivity index (χ1v) is 18.3. The standard InChI is InChI=1S/2C12H24O2.2C4H9.2Sn/c2*1-2-3-4-5-6-7-8-9-10-11-12(13)14;2*1-4(2)3;;/h2*2-11H2,1H3,(H,13,14);2*1-3H3;;/q;;;;+2;+4/p-2. The SMILES string of the molecule is CCCCCCCCCCCC(=O)[O-].CCCCCCCCCCCC(=O)[O-].C[C](C)(C)[Sn+2][C](C)(C)C.[Sn+4]. The van der Waals surface area contributed by atoms with Crippen molar-refractivity contribution in [2.24, 2.45) is 0 Å². The van der Waals surface area contributed by atoms with Crippen molar-refractivity contribution in [3.05, 3.63) is 0 Å².